The van der Waals surface area contributed by atoms with Gasteiger partial charge in [-0.1, -0.05) is 18.6 Å². The van der Waals surface area contributed by atoms with Gasteiger partial charge in [0.1, 0.15) is 6.29 Å². The molecular weight excluding hydrogens is 368 g/mol. The number of allylic oxidation sites excluding steroid dienone is 1. The maximum absolute atomic E-state index is 12.4. The largest absolute Gasteiger partial charge is 0.431 e. The van der Waals surface area contributed by atoms with E-state index < -0.39 is 17.1 Å². The SMILES string of the molecule is C[C@]12CC[C@H]3[C@@H](CCC4=C[C@@H](O)CC[C@@]43C=O)[C@@]1(O)CC[C@@H]2c1ccc(=O)oc1. The molecule has 0 aliphatic heterocycles. The summed E-state index contributed by atoms with van der Waals surface area (Å²) in [6, 6.07) is 3.31. The zero-order valence-electron chi connectivity index (χ0n) is 17.0. The fourth-order valence-electron chi connectivity index (χ4n) is 7.71. The Labute approximate surface area is 170 Å². The van der Waals surface area contributed by atoms with Crippen molar-refractivity contribution in [2.45, 2.75) is 75.9 Å². The molecular formula is C24H30O5. The minimum Gasteiger partial charge on any atom is -0.431 e. The molecule has 2 N–H and O–H groups in total. The molecule has 3 fully saturated rings. The highest BCUT2D eigenvalue weighted by atomic mass is 16.4. The Morgan fingerprint density at radius 1 is 1.10 bits per heavy atom. The topological polar surface area (TPSA) is 87.7 Å². The fraction of sp³-hybridized carbons (Fsp3) is 0.667. The van der Waals surface area contributed by atoms with Crippen molar-refractivity contribution in [3.8, 4) is 0 Å². The van der Waals surface area contributed by atoms with Crippen molar-refractivity contribution in [1.82, 2.24) is 0 Å². The number of aldehydes is 1. The van der Waals surface area contributed by atoms with Gasteiger partial charge in [0.2, 0.25) is 0 Å². The van der Waals surface area contributed by atoms with Crippen molar-refractivity contribution in [2.75, 3.05) is 0 Å². The van der Waals surface area contributed by atoms with Crippen LogP contribution in [0.25, 0.3) is 0 Å². The van der Waals surface area contributed by atoms with Gasteiger partial charge in [-0.05, 0) is 80.8 Å². The number of rotatable bonds is 2. The minimum atomic E-state index is -0.825. The molecule has 0 saturated heterocycles. The first-order chi connectivity index (χ1) is 13.8. The molecule has 4 aliphatic rings. The maximum Gasteiger partial charge on any atom is 0.335 e. The highest BCUT2D eigenvalue weighted by molar-refractivity contribution is 5.67. The first-order valence-corrected chi connectivity index (χ1v) is 11.0. The van der Waals surface area contributed by atoms with E-state index in [0.717, 1.165) is 49.5 Å². The molecule has 1 heterocycles. The molecule has 4 aliphatic carbocycles. The summed E-state index contributed by atoms with van der Waals surface area (Å²) in [7, 11) is 0. The van der Waals surface area contributed by atoms with Gasteiger partial charge in [0, 0.05) is 11.5 Å². The third-order valence-corrected chi connectivity index (χ3v) is 9.21. The number of hydrogen-bond donors (Lipinski definition) is 2. The van der Waals surface area contributed by atoms with E-state index in [1.54, 1.807) is 6.26 Å². The Morgan fingerprint density at radius 3 is 2.66 bits per heavy atom. The summed E-state index contributed by atoms with van der Waals surface area (Å²) in [5.41, 5.74) is 0.0938. The van der Waals surface area contributed by atoms with Crippen LogP contribution < -0.4 is 5.63 Å². The van der Waals surface area contributed by atoms with E-state index in [0.29, 0.717) is 19.3 Å². The standard InChI is InChI=1S/C24H30O5/c1-22-9-7-19-20(4-3-16-12-17(26)6-10-23(16,19)14-25)24(22,28)11-8-18(22)15-2-5-21(27)29-13-15/h2,5,12-14,17-20,26,28H,3-4,6-11H2,1H3/t17-,18+,19-,20+,22+,23+,24-/m0/s1. The fourth-order valence-corrected chi connectivity index (χ4v) is 7.71. The highest BCUT2D eigenvalue weighted by Gasteiger charge is 2.67. The van der Waals surface area contributed by atoms with Gasteiger partial charge in [0.05, 0.1) is 23.4 Å². The maximum atomic E-state index is 12.4. The molecule has 5 rings (SSSR count). The lowest BCUT2D eigenvalue weighted by atomic mass is 9.45. The summed E-state index contributed by atoms with van der Waals surface area (Å²) in [4.78, 5) is 23.8. The van der Waals surface area contributed by atoms with E-state index in [4.69, 9.17) is 4.42 Å². The summed E-state index contributed by atoms with van der Waals surface area (Å²) < 4.78 is 5.13. The van der Waals surface area contributed by atoms with Crippen LogP contribution in [0.2, 0.25) is 0 Å². The van der Waals surface area contributed by atoms with Crippen molar-refractivity contribution < 1.29 is 19.4 Å². The number of hydrogen-bond acceptors (Lipinski definition) is 5. The van der Waals surface area contributed by atoms with E-state index in [1.807, 2.05) is 12.1 Å². The van der Waals surface area contributed by atoms with Crippen molar-refractivity contribution in [1.29, 1.82) is 0 Å². The van der Waals surface area contributed by atoms with Crippen molar-refractivity contribution in [3.05, 3.63) is 46.0 Å². The Morgan fingerprint density at radius 2 is 1.93 bits per heavy atom. The predicted octanol–water partition coefficient (Wildman–Crippen LogP) is 3.34. The Balaban J connectivity index is 1.53. The van der Waals surface area contributed by atoms with Crippen LogP contribution in [-0.2, 0) is 4.79 Å². The average molecular weight is 398 g/mol. The number of carbonyl (C=O) groups is 1. The van der Waals surface area contributed by atoms with E-state index in [1.165, 1.54) is 6.07 Å². The normalized spacial score (nSPS) is 46.2. The summed E-state index contributed by atoms with van der Waals surface area (Å²) in [5, 5.41) is 22.2. The van der Waals surface area contributed by atoms with Gasteiger partial charge in [-0.15, -0.1) is 0 Å². The molecule has 5 nitrogen and oxygen atoms in total. The Bertz CT molecular complexity index is 898. The lowest BCUT2D eigenvalue weighted by Crippen LogP contribution is -2.61. The van der Waals surface area contributed by atoms with E-state index in [9.17, 15) is 19.8 Å². The molecule has 0 radical (unpaired) electrons. The van der Waals surface area contributed by atoms with Gasteiger partial charge in [-0.2, -0.15) is 0 Å². The third kappa shape index (κ3) is 2.46. The highest BCUT2D eigenvalue weighted by Crippen LogP contribution is 2.69. The van der Waals surface area contributed by atoms with Crippen molar-refractivity contribution in [2.24, 2.45) is 22.7 Å². The van der Waals surface area contributed by atoms with Gasteiger partial charge in [0.15, 0.2) is 0 Å². The van der Waals surface area contributed by atoms with Gasteiger partial charge in [-0.3, -0.25) is 0 Å². The van der Waals surface area contributed by atoms with Crippen LogP contribution in [0.5, 0.6) is 0 Å². The first-order valence-electron chi connectivity index (χ1n) is 11.0. The van der Waals surface area contributed by atoms with Crippen LogP contribution in [-0.4, -0.2) is 28.2 Å². The van der Waals surface area contributed by atoms with E-state index >= 15 is 0 Å². The molecule has 1 aromatic heterocycles. The second-order valence-corrected chi connectivity index (χ2v) is 10.1. The summed E-state index contributed by atoms with van der Waals surface area (Å²) in [6.07, 6.45) is 10.4. The first kappa shape index (κ1) is 19.3. The average Bonchev–Trinajstić information content (AvgIpc) is 3.00. The lowest BCUT2D eigenvalue weighted by molar-refractivity contribution is -0.179. The molecule has 156 valence electrons. The Kier molecular flexibility index (Phi) is 4.24. The van der Waals surface area contributed by atoms with E-state index in [-0.39, 0.29) is 28.8 Å². The second-order valence-electron chi connectivity index (χ2n) is 10.1. The van der Waals surface area contributed by atoms with Crippen LogP contribution >= 0.6 is 0 Å². The number of aliphatic hydroxyl groups excluding tert-OH is 1. The zero-order valence-corrected chi connectivity index (χ0v) is 17.0. The van der Waals surface area contributed by atoms with Gasteiger partial charge >= 0.3 is 5.63 Å². The number of carbonyl (C=O) groups excluding carboxylic acids is 1. The van der Waals surface area contributed by atoms with Crippen LogP contribution in [0, 0.1) is 22.7 Å². The van der Waals surface area contributed by atoms with Gasteiger partial charge in [-0.25, -0.2) is 4.79 Å². The lowest BCUT2D eigenvalue weighted by Gasteiger charge is -2.61. The molecule has 7 atom stereocenters. The van der Waals surface area contributed by atoms with Crippen LogP contribution in [0.1, 0.15) is 69.8 Å². The quantitative estimate of drug-likeness (QED) is 0.589. The monoisotopic (exact) mass is 398 g/mol. The second kappa shape index (κ2) is 6.39. The third-order valence-electron chi connectivity index (χ3n) is 9.21. The molecule has 0 amide bonds. The zero-order chi connectivity index (χ0) is 20.4. The summed E-state index contributed by atoms with van der Waals surface area (Å²) in [6.45, 7) is 2.19. The molecule has 0 unspecified atom stereocenters. The molecule has 5 heteroatoms. The molecule has 3 saturated carbocycles. The molecule has 0 bridgehead atoms. The van der Waals surface area contributed by atoms with Crippen LogP contribution in [0.4, 0.5) is 0 Å². The summed E-state index contributed by atoms with van der Waals surface area (Å²) in [5.74, 6) is 0.368. The Hall–Kier alpha value is -1.72. The summed E-state index contributed by atoms with van der Waals surface area (Å²) >= 11 is 0. The number of aliphatic hydroxyl groups is 2. The van der Waals surface area contributed by atoms with Crippen LogP contribution in [0.3, 0.4) is 0 Å². The van der Waals surface area contributed by atoms with Gasteiger partial charge < -0.3 is 19.4 Å². The smallest absolute Gasteiger partial charge is 0.335 e. The predicted molar refractivity (Wildman–Crippen MR) is 107 cm³/mol. The van der Waals surface area contributed by atoms with E-state index in [2.05, 4.69) is 6.92 Å². The molecule has 1 aromatic rings. The van der Waals surface area contributed by atoms with Crippen LogP contribution in [0.15, 0.2) is 39.3 Å². The molecule has 0 spiro atoms. The van der Waals surface area contributed by atoms with Gasteiger partial charge in [0.25, 0.3) is 0 Å². The molecule has 29 heavy (non-hydrogen) atoms. The minimum absolute atomic E-state index is 0.0829. The van der Waals surface area contributed by atoms with Crippen molar-refractivity contribution >= 4 is 6.29 Å². The molecule has 0 aromatic carbocycles. The number of fused-ring (bicyclic) bond motifs is 5. The van der Waals surface area contributed by atoms with Crippen molar-refractivity contribution in [3.63, 3.8) is 0 Å².